The van der Waals surface area contributed by atoms with E-state index < -0.39 is 0 Å². The quantitative estimate of drug-likeness (QED) is 0.431. The first-order valence-electron chi connectivity index (χ1n) is 15.8. The van der Waals surface area contributed by atoms with Gasteiger partial charge in [0.15, 0.2) is 0 Å². The van der Waals surface area contributed by atoms with Crippen LogP contribution in [0, 0.1) is 11.3 Å². The Kier molecular flexibility index (Phi) is 8.70. The summed E-state index contributed by atoms with van der Waals surface area (Å²) in [6.45, 7) is 13.0. The van der Waals surface area contributed by atoms with E-state index in [-0.39, 0.29) is 18.4 Å². The van der Waals surface area contributed by atoms with Gasteiger partial charge in [-0.25, -0.2) is 0 Å². The van der Waals surface area contributed by atoms with Crippen LogP contribution in [0.3, 0.4) is 0 Å². The second kappa shape index (κ2) is 12.8. The molecule has 4 heterocycles. The van der Waals surface area contributed by atoms with Crippen LogP contribution in [0.1, 0.15) is 50.8 Å². The zero-order chi connectivity index (χ0) is 29.9. The SMILES string of the molecule is C=CC(=O)N1CCN(c2nc(OCC3CCCN3C(C)C)nc3c2CCC(N2CCOc4ccccc42)C3)CC1CC#N. The van der Waals surface area contributed by atoms with E-state index >= 15 is 0 Å². The Morgan fingerprint density at radius 1 is 1.19 bits per heavy atom. The first-order chi connectivity index (χ1) is 21.0. The third-order valence-electron chi connectivity index (χ3n) is 9.47. The van der Waals surface area contributed by atoms with E-state index in [9.17, 15) is 10.1 Å². The van der Waals surface area contributed by atoms with E-state index in [0.717, 1.165) is 67.3 Å². The minimum atomic E-state index is -0.224. The molecule has 1 aromatic heterocycles. The average molecular weight is 586 g/mol. The summed E-state index contributed by atoms with van der Waals surface area (Å²) >= 11 is 0. The van der Waals surface area contributed by atoms with Gasteiger partial charge in [0.1, 0.15) is 24.8 Å². The lowest BCUT2D eigenvalue weighted by Crippen LogP contribution is -2.55. The van der Waals surface area contributed by atoms with Crippen LogP contribution in [0.25, 0.3) is 0 Å². The highest BCUT2D eigenvalue weighted by atomic mass is 16.5. The van der Waals surface area contributed by atoms with Crippen molar-refractivity contribution in [1.82, 2.24) is 19.8 Å². The predicted octanol–water partition coefficient (Wildman–Crippen LogP) is 3.60. The number of fused-ring (bicyclic) bond motifs is 2. The van der Waals surface area contributed by atoms with Gasteiger partial charge in [-0.3, -0.25) is 9.69 Å². The van der Waals surface area contributed by atoms with Crippen LogP contribution in [0.5, 0.6) is 11.8 Å². The highest BCUT2D eigenvalue weighted by molar-refractivity contribution is 5.87. The molecule has 10 heteroatoms. The molecule has 6 rings (SSSR count). The minimum Gasteiger partial charge on any atom is -0.490 e. The maximum absolute atomic E-state index is 12.6. The molecule has 2 fully saturated rings. The number of carbonyl (C=O) groups is 1. The highest BCUT2D eigenvalue weighted by Gasteiger charge is 2.36. The molecule has 0 N–H and O–H groups in total. The second-order valence-corrected chi connectivity index (χ2v) is 12.3. The van der Waals surface area contributed by atoms with Gasteiger partial charge >= 0.3 is 6.01 Å². The number of ether oxygens (including phenoxy) is 2. The number of piperazine rings is 1. The molecule has 0 bridgehead atoms. The van der Waals surface area contributed by atoms with Gasteiger partial charge in [-0.15, -0.1) is 0 Å². The van der Waals surface area contributed by atoms with Crippen molar-refractivity contribution in [3.63, 3.8) is 0 Å². The Bertz CT molecular complexity index is 1370. The molecule has 2 aromatic rings. The number of para-hydroxylation sites is 2. The number of rotatable bonds is 8. The molecule has 10 nitrogen and oxygen atoms in total. The molecule has 1 aromatic carbocycles. The number of nitrogens with zero attached hydrogens (tertiary/aromatic N) is 7. The fourth-order valence-electron chi connectivity index (χ4n) is 7.34. The lowest BCUT2D eigenvalue weighted by molar-refractivity contribution is -0.128. The fraction of sp³-hybridized carbons (Fsp3) is 0.576. The van der Waals surface area contributed by atoms with Crippen molar-refractivity contribution >= 4 is 17.4 Å². The number of benzene rings is 1. The molecule has 2 saturated heterocycles. The van der Waals surface area contributed by atoms with Crippen LogP contribution in [-0.2, 0) is 17.6 Å². The van der Waals surface area contributed by atoms with Gasteiger partial charge in [0.05, 0.1) is 36.5 Å². The average Bonchev–Trinajstić information content (AvgIpc) is 3.52. The van der Waals surface area contributed by atoms with Crippen LogP contribution in [0.15, 0.2) is 36.9 Å². The van der Waals surface area contributed by atoms with Crippen LogP contribution in [0.2, 0.25) is 0 Å². The summed E-state index contributed by atoms with van der Waals surface area (Å²) < 4.78 is 12.3. The molecule has 3 atom stereocenters. The van der Waals surface area contributed by atoms with Gasteiger partial charge in [-0.2, -0.15) is 15.2 Å². The Balaban J connectivity index is 1.29. The number of carbonyl (C=O) groups excluding carboxylic acids is 1. The van der Waals surface area contributed by atoms with E-state index in [1.807, 2.05) is 12.1 Å². The lowest BCUT2D eigenvalue weighted by Gasteiger charge is -2.43. The van der Waals surface area contributed by atoms with Gasteiger partial charge in [0.25, 0.3) is 0 Å². The zero-order valence-electron chi connectivity index (χ0n) is 25.5. The number of likely N-dealkylation sites (tertiary alicyclic amines) is 1. The Labute approximate surface area is 254 Å². The summed E-state index contributed by atoms with van der Waals surface area (Å²) in [5.41, 5.74) is 3.34. The highest BCUT2D eigenvalue weighted by Crippen LogP contribution is 2.38. The first kappa shape index (κ1) is 29.2. The van der Waals surface area contributed by atoms with E-state index in [2.05, 4.69) is 53.3 Å². The summed E-state index contributed by atoms with van der Waals surface area (Å²) in [5, 5.41) is 9.55. The van der Waals surface area contributed by atoms with E-state index in [1.165, 1.54) is 12.5 Å². The third-order valence-corrected chi connectivity index (χ3v) is 9.47. The second-order valence-electron chi connectivity index (χ2n) is 12.3. The van der Waals surface area contributed by atoms with Crippen molar-refractivity contribution in [1.29, 1.82) is 5.26 Å². The molecule has 0 radical (unpaired) electrons. The molecule has 0 saturated carbocycles. The predicted molar refractivity (Wildman–Crippen MR) is 166 cm³/mol. The summed E-state index contributed by atoms with van der Waals surface area (Å²) in [6, 6.07) is 11.9. The number of aromatic nitrogens is 2. The van der Waals surface area contributed by atoms with Gasteiger partial charge in [0, 0.05) is 49.7 Å². The van der Waals surface area contributed by atoms with Gasteiger partial charge in [-0.05, 0) is 64.3 Å². The number of anilines is 2. The summed E-state index contributed by atoms with van der Waals surface area (Å²) in [5.74, 6) is 1.70. The fourth-order valence-corrected chi connectivity index (χ4v) is 7.34. The van der Waals surface area contributed by atoms with E-state index in [0.29, 0.717) is 57.0 Å². The normalized spacial score (nSPS) is 23.8. The molecule has 1 aliphatic carbocycles. The molecule has 228 valence electrons. The summed E-state index contributed by atoms with van der Waals surface area (Å²) in [7, 11) is 0. The van der Waals surface area contributed by atoms with E-state index in [1.54, 1.807) is 4.90 Å². The van der Waals surface area contributed by atoms with Crippen LogP contribution >= 0.6 is 0 Å². The smallest absolute Gasteiger partial charge is 0.318 e. The minimum absolute atomic E-state index is 0.131. The topological polar surface area (TPSA) is 98.1 Å². The monoisotopic (exact) mass is 585 g/mol. The standard InChI is InChI=1S/C33H43N7O3/c1-4-31(41)40-17-16-37(21-25(40)13-14-34)32-27-12-11-24(39-18-19-42-30-10-6-5-9-29(30)39)20-28(27)35-33(36-32)43-22-26-8-7-15-38(26)23(2)3/h4-6,9-10,23-26H,1,7-8,11-13,15-22H2,2-3H3. The van der Waals surface area contributed by atoms with Gasteiger partial charge in [0.2, 0.25) is 5.91 Å². The maximum Gasteiger partial charge on any atom is 0.318 e. The van der Waals surface area contributed by atoms with Crippen LogP contribution in [0.4, 0.5) is 11.5 Å². The molecule has 0 spiro atoms. The Morgan fingerprint density at radius 2 is 2.05 bits per heavy atom. The maximum atomic E-state index is 12.6. The molecular formula is C33H43N7O3. The van der Waals surface area contributed by atoms with Crippen molar-refractivity contribution in [2.75, 3.05) is 55.7 Å². The third kappa shape index (κ3) is 6.00. The Hall–Kier alpha value is -3.84. The van der Waals surface area contributed by atoms with Crippen LogP contribution < -0.4 is 19.3 Å². The molecule has 3 unspecified atom stereocenters. The molecular weight excluding hydrogens is 542 g/mol. The van der Waals surface area contributed by atoms with E-state index in [4.69, 9.17) is 19.4 Å². The van der Waals surface area contributed by atoms with Crippen molar-refractivity contribution in [2.24, 2.45) is 0 Å². The molecule has 1 amide bonds. The summed E-state index contributed by atoms with van der Waals surface area (Å²) in [4.78, 5) is 31.6. The molecule has 43 heavy (non-hydrogen) atoms. The van der Waals surface area contributed by atoms with Gasteiger partial charge in [-0.1, -0.05) is 18.7 Å². The molecule has 4 aliphatic rings. The first-order valence-corrected chi connectivity index (χ1v) is 15.8. The van der Waals surface area contributed by atoms with Gasteiger partial charge < -0.3 is 24.2 Å². The largest absolute Gasteiger partial charge is 0.490 e. The number of amides is 1. The van der Waals surface area contributed by atoms with Crippen molar-refractivity contribution in [2.45, 2.75) is 76.5 Å². The number of hydrogen-bond acceptors (Lipinski definition) is 9. The Morgan fingerprint density at radius 3 is 2.86 bits per heavy atom. The van der Waals surface area contributed by atoms with Crippen molar-refractivity contribution in [3.8, 4) is 17.8 Å². The van der Waals surface area contributed by atoms with Crippen LogP contribution in [-0.4, -0.2) is 95.8 Å². The van der Waals surface area contributed by atoms with Crippen molar-refractivity contribution < 1.29 is 14.3 Å². The molecule has 3 aliphatic heterocycles. The number of hydrogen-bond donors (Lipinski definition) is 0. The summed E-state index contributed by atoms with van der Waals surface area (Å²) in [6.07, 6.45) is 6.54. The zero-order valence-corrected chi connectivity index (χ0v) is 25.5. The lowest BCUT2D eigenvalue weighted by atomic mass is 9.90. The van der Waals surface area contributed by atoms with Crippen molar-refractivity contribution in [3.05, 3.63) is 48.2 Å². The number of nitriles is 1.